The first-order valence-corrected chi connectivity index (χ1v) is 9.78. The molecule has 0 aliphatic heterocycles. The Hall–Kier alpha value is -4.28. The van der Waals surface area contributed by atoms with Crippen molar-refractivity contribution in [3.8, 4) is 17.1 Å². The highest BCUT2D eigenvalue weighted by Gasteiger charge is 2.20. The van der Waals surface area contributed by atoms with Gasteiger partial charge in [0, 0.05) is 30.3 Å². The molecule has 11 nitrogen and oxygen atoms in total. The van der Waals surface area contributed by atoms with Crippen LogP contribution in [-0.2, 0) is 0 Å². The molecule has 32 heavy (non-hydrogen) atoms. The first-order valence-electron chi connectivity index (χ1n) is 9.78. The van der Waals surface area contributed by atoms with Crippen LogP contribution in [0.5, 0.6) is 5.75 Å². The Morgan fingerprint density at radius 1 is 1.09 bits per heavy atom. The van der Waals surface area contributed by atoms with Gasteiger partial charge in [-0.05, 0) is 26.0 Å². The Balaban J connectivity index is 1.56. The molecule has 2 aromatic carbocycles. The maximum atomic E-state index is 12.3. The quantitative estimate of drug-likeness (QED) is 0.293. The summed E-state index contributed by atoms with van der Waals surface area (Å²) in [6.07, 6.45) is 0. The molecule has 3 rings (SSSR count). The number of nitro groups is 1. The minimum absolute atomic E-state index is 0.0668. The number of ether oxygens (including phenoxy) is 1. The zero-order valence-electron chi connectivity index (χ0n) is 17.5. The van der Waals surface area contributed by atoms with Crippen LogP contribution in [0.25, 0.3) is 11.4 Å². The fourth-order valence-electron chi connectivity index (χ4n) is 2.95. The molecule has 1 heterocycles. The van der Waals surface area contributed by atoms with Gasteiger partial charge < -0.3 is 19.9 Å². The number of hydrogen-bond acceptors (Lipinski definition) is 8. The van der Waals surface area contributed by atoms with Gasteiger partial charge in [0.15, 0.2) is 0 Å². The third-order valence-electron chi connectivity index (χ3n) is 4.49. The number of carbonyl (C=O) groups excluding carboxylic acids is 2. The lowest BCUT2D eigenvalue weighted by Gasteiger charge is -2.10. The molecular weight excluding hydrogens is 418 g/mol. The summed E-state index contributed by atoms with van der Waals surface area (Å²) in [4.78, 5) is 39.2. The average Bonchev–Trinajstić information content (AvgIpc) is 3.27. The number of nitrogens with zero attached hydrogens (tertiary/aromatic N) is 3. The second kappa shape index (κ2) is 10.2. The van der Waals surface area contributed by atoms with Crippen LogP contribution in [0.3, 0.4) is 0 Å². The van der Waals surface area contributed by atoms with Crippen molar-refractivity contribution in [3.05, 3.63) is 69.6 Å². The normalized spacial score (nSPS) is 10.4. The summed E-state index contributed by atoms with van der Waals surface area (Å²) in [5.74, 6) is -0.706. The lowest BCUT2D eigenvalue weighted by atomic mass is 10.1. The van der Waals surface area contributed by atoms with E-state index in [1.54, 1.807) is 37.3 Å². The van der Waals surface area contributed by atoms with Crippen LogP contribution >= 0.6 is 0 Å². The molecule has 0 saturated heterocycles. The summed E-state index contributed by atoms with van der Waals surface area (Å²) in [5.41, 5.74) is 1.07. The van der Waals surface area contributed by atoms with Crippen LogP contribution in [0.2, 0.25) is 0 Å². The van der Waals surface area contributed by atoms with Crippen molar-refractivity contribution in [2.75, 3.05) is 19.7 Å². The van der Waals surface area contributed by atoms with E-state index >= 15 is 0 Å². The fourth-order valence-corrected chi connectivity index (χ4v) is 2.95. The topological polar surface area (TPSA) is 149 Å². The van der Waals surface area contributed by atoms with E-state index < -0.39 is 10.8 Å². The number of para-hydroxylation sites is 1. The van der Waals surface area contributed by atoms with E-state index in [1.807, 2.05) is 6.92 Å². The molecule has 0 aliphatic carbocycles. The standard InChI is InChI=1S/C21H21N5O6/c1-3-31-17-10-5-4-7-15(17)19(27)22-11-12-23-20(28)21-24-18(25-32-21)14-8-6-9-16(13(14)2)26(29)30/h4-10H,3,11-12H2,1-2H3,(H,22,27)(H,23,28). The average molecular weight is 439 g/mol. The number of amides is 2. The molecule has 0 radical (unpaired) electrons. The van der Waals surface area contributed by atoms with Gasteiger partial charge in [-0.15, -0.1) is 0 Å². The number of nitrogens with one attached hydrogen (secondary N) is 2. The largest absolute Gasteiger partial charge is 0.493 e. The number of aromatic nitrogens is 2. The van der Waals surface area contributed by atoms with Gasteiger partial charge in [-0.1, -0.05) is 29.4 Å². The monoisotopic (exact) mass is 439 g/mol. The number of nitro benzene ring substituents is 1. The third kappa shape index (κ3) is 5.06. The zero-order valence-corrected chi connectivity index (χ0v) is 17.5. The van der Waals surface area contributed by atoms with E-state index in [0.29, 0.717) is 29.0 Å². The van der Waals surface area contributed by atoms with Crippen molar-refractivity contribution in [2.45, 2.75) is 13.8 Å². The molecule has 2 N–H and O–H groups in total. The molecule has 0 bridgehead atoms. The van der Waals surface area contributed by atoms with E-state index in [4.69, 9.17) is 9.26 Å². The van der Waals surface area contributed by atoms with E-state index in [9.17, 15) is 19.7 Å². The highest BCUT2D eigenvalue weighted by atomic mass is 16.6. The minimum atomic E-state index is -0.629. The summed E-state index contributed by atoms with van der Waals surface area (Å²) in [6.45, 7) is 4.11. The molecule has 1 aromatic heterocycles. The molecular formula is C21H21N5O6. The van der Waals surface area contributed by atoms with Gasteiger partial charge in [0.1, 0.15) is 5.75 Å². The minimum Gasteiger partial charge on any atom is -0.493 e. The van der Waals surface area contributed by atoms with Gasteiger partial charge in [-0.3, -0.25) is 19.7 Å². The SMILES string of the molecule is CCOc1ccccc1C(=O)NCCNC(=O)c1nc(-c2cccc([N+](=O)[O-])c2C)no1. The number of hydrogen-bond donors (Lipinski definition) is 2. The van der Waals surface area contributed by atoms with Gasteiger partial charge >= 0.3 is 11.8 Å². The van der Waals surface area contributed by atoms with Crippen molar-refractivity contribution < 1.29 is 23.8 Å². The number of carbonyl (C=O) groups is 2. The van der Waals surface area contributed by atoms with E-state index in [2.05, 4.69) is 20.8 Å². The van der Waals surface area contributed by atoms with Crippen LogP contribution in [0.4, 0.5) is 5.69 Å². The van der Waals surface area contributed by atoms with Crippen LogP contribution in [-0.4, -0.2) is 46.6 Å². The summed E-state index contributed by atoms with van der Waals surface area (Å²) >= 11 is 0. The van der Waals surface area contributed by atoms with E-state index in [1.165, 1.54) is 12.1 Å². The Morgan fingerprint density at radius 2 is 1.81 bits per heavy atom. The Morgan fingerprint density at radius 3 is 2.53 bits per heavy atom. The van der Waals surface area contributed by atoms with Crippen molar-refractivity contribution in [1.29, 1.82) is 0 Å². The highest BCUT2D eigenvalue weighted by Crippen LogP contribution is 2.27. The number of rotatable bonds is 9. The van der Waals surface area contributed by atoms with Gasteiger partial charge in [-0.2, -0.15) is 4.98 Å². The second-order valence-electron chi connectivity index (χ2n) is 6.57. The van der Waals surface area contributed by atoms with Gasteiger partial charge in [0.2, 0.25) is 5.82 Å². The molecule has 0 unspecified atom stereocenters. The predicted octanol–water partition coefficient (Wildman–Crippen LogP) is 2.51. The van der Waals surface area contributed by atoms with Crippen LogP contribution in [0.15, 0.2) is 47.0 Å². The van der Waals surface area contributed by atoms with Crippen molar-refractivity contribution in [2.24, 2.45) is 0 Å². The first-order chi connectivity index (χ1) is 15.4. The van der Waals surface area contributed by atoms with Crippen LogP contribution < -0.4 is 15.4 Å². The third-order valence-corrected chi connectivity index (χ3v) is 4.49. The summed E-state index contributed by atoms with van der Waals surface area (Å²) in [5, 5.41) is 20.1. The highest BCUT2D eigenvalue weighted by molar-refractivity contribution is 5.97. The molecule has 0 atom stereocenters. The second-order valence-corrected chi connectivity index (χ2v) is 6.57. The summed E-state index contributed by atoms with van der Waals surface area (Å²) in [6, 6.07) is 11.3. The summed E-state index contributed by atoms with van der Waals surface area (Å²) < 4.78 is 10.4. The van der Waals surface area contributed by atoms with Gasteiger partial charge in [-0.25, -0.2) is 0 Å². The Bertz CT molecular complexity index is 1140. The Labute approximate surface area is 182 Å². The fraction of sp³-hybridized carbons (Fsp3) is 0.238. The maximum absolute atomic E-state index is 12.3. The molecule has 3 aromatic rings. The molecule has 2 amide bonds. The molecule has 11 heteroatoms. The van der Waals surface area contributed by atoms with Crippen molar-refractivity contribution in [3.63, 3.8) is 0 Å². The van der Waals surface area contributed by atoms with Crippen molar-refractivity contribution in [1.82, 2.24) is 20.8 Å². The first kappa shape index (κ1) is 22.4. The van der Waals surface area contributed by atoms with Crippen LogP contribution in [0.1, 0.15) is 33.5 Å². The molecule has 0 saturated carbocycles. The smallest absolute Gasteiger partial charge is 0.316 e. The summed E-state index contributed by atoms with van der Waals surface area (Å²) in [7, 11) is 0. The van der Waals surface area contributed by atoms with Gasteiger partial charge in [0.25, 0.3) is 11.6 Å². The molecule has 0 fully saturated rings. The predicted molar refractivity (Wildman–Crippen MR) is 113 cm³/mol. The lowest BCUT2D eigenvalue weighted by molar-refractivity contribution is -0.385. The van der Waals surface area contributed by atoms with Gasteiger partial charge in [0.05, 0.1) is 17.1 Å². The van der Waals surface area contributed by atoms with E-state index in [0.717, 1.165) is 0 Å². The zero-order chi connectivity index (χ0) is 23.1. The number of benzene rings is 2. The lowest BCUT2D eigenvalue weighted by Crippen LogP contribution is -2.35. The maximum Gasteiger partial charge on any atom is 0.316 e. The van der Waals surface area contributed by atoms with E-state index in [-0.39, 0.29) is 36.4 Å². The Kier molecular flexibility index (Phi) is 7.11. The molecule has 0 aliphatic rings. The molecule has 0 spiro atoms. The van der Waals surface area contributed by atoms with Crippen LogP contribution in [0, 0.1) is 17.0 Å². The molecule has 166 valence electrons. The van der Waals surface area contributed by atoms with Crippen molar-refractivity contribution >= 4 is 17.5 Å².